The van der Waals surface area contributed by atoms with E-state index in [1.54, 1.807) is 18.7 Å². The molecule has 2 aromatic heterocycles. The molecule has 1 saturated heterocycles. The summed E-state index contributed by atoms with van der Waals surface area (Å²) in [5.74, 6) is -1.36. The number of ether oxygens (including phenoxy) is 2. The SMILES string of the molecule is CCOC(=O)c1c(C)oc2nc(COC(=O)[C@H]3CC(=O)N(c4ccccc4CC)C3)nc(N)c12. The fourth-order valence-electron chi connectivity index (χ4n) is 4.12. The highest BCUT2D eigenvalue weighted by Crippen LogP contribution is 2.30. The minimum Gasteiger partial charge on any atom is -0.462 e. The normalized spacial score (nSPS) is 15.7. The Bertz CT molecular complexity index is 1270. The zero-order valence-corrected chi connectivity index (χ0v) is 19.3. The molecule has 178 valence electrons. The van der Waals surface area contributed by atoms with Gasteiger partial charge in [-0.25, -0.2) is 9.78 Å². The average Bonchev–Trinajstić information content (AvgIpc) is 3.37. The van der Waals surface area contributed by atoms with Crippen LogP contribution < -0.4 is 10.6 Å². The smallest absolute Gasteiger partial charge is 0.342 e. The van der Waals surface area contributed by atoms with Gasteiger partial charge in [-0.2, -0.15) is 4.98 Å². The van der Waals surface area contributed by atoms with Crippen molar-refractivity contribution in [1.82, 2.24) is 9.97 Å². The first kappa shape index (κ1) is 23.2. The van der Waals surface area contributed by atoms with E-state index in [0.717, 1.165) is 17.7 Å². The molecule has 4 rings (SSSR count). The molecular weight excluding hydrogens is 440 g/mol. The zero-order chi connectivity index (χ0) is 24.4. The number of carbonyl (C=O) groups is 3. The highest BCUT2D eigenvalue weighted by Gasteiger charge is 2.37. The van der Waals surface area contributed by atoms with Crippen LogP contribution in [0.15, 0.2) is 28.7 Å². The maximum atomic E-state index is 12.7. The largest absolute Gasteiger partial charge is 0.462 e. The Morgan fingerprint density at radius 2 is 1.97 bits per heavy atom. The number of esters is 2. The van der Waals surface area contributed by atoms with Gasteiger partial charge in [-0.15, -0.1) is 0 Å². The average molecular weight is 466 g/mol. The van der Waals surface area contributed by atoms with Gasteiger partial charge < -0.3 is 24.5 Å². The second-order valence-corrected chi connectivity index (χ2v) is 7.95. The van der Waals surface area contributed by atoms with Crippen molar-refractivity contribution < 1.29 is 28.3 Å². The van der Waals surface area contributed by atoms with Gasteiger partial charge in [-0.05, 0) is 31.9 Å². The molecule has 10 heteroatoms. The van der Waals surface area contributed by atoms with E-state index in [9.17, 15) is 14.4 Å². The van der Waals surface area contributed by atoms with Gasteiger partial charge in [-0.3, -0.25) is 9.59 Å². The van der Waals surface area contributed by atoms with Crippen molar-refractivity contribution in [3.8, 4) is 0 Å². The molecule has 1 aromatic carbocycles. The molecule has 0 aliphatic carbocycles. The summed E-state index contributed by atoms with van der Waals surface area (Å²) in [5, 5.41) is 0.262. The van der Waals surface area contributed by atoms with E-state index < -0.39 is 17.9 Å². The van der Waals surface area contributed by atoms with Crippen LogP contribution in [0.4, 0.5) is 11.5 Å². The minimum absolute atomic E-state index is 0.0225. The van der Waals surface area contributed by atoms with Crippen LogP contribution in [0.5, 0.6) is 0 Å². The number of fused-ring (bicyclic) bond motifs is 1. The van der Waals surface area contributed by atoms with Gasteiger partial charge in [0.25, 0.3) is 0 Å². The predicted octanol–water partition coefficient (Wildman–Crippen LogP) is 2.95. The molecule has 0 radical (unpaired) electrons. The Morgan fingerprint density at radius 1 is 1.21 bits per heavy atom. The topological polar surface area (TPSA) is 138 Å². The minimum atomic E-state index is -0.597. The van der Waals surface area contributed by atoms with E-state index in [2.05, 4.69) is 9.97 Å². The van der Waals surface area contributed by atoms with Crippen LogP contribution in [0.25, 0.3) is 11.1 Å². The van der Waals surface area contributed by atoms with Crippen LogP contribution in [-0.2, 0) is 32.1 Å². The van der Waals surface area contributed by atoms with Crippen molar-refractivity contribution in [2.24, 2.45) is 5.92 Å². The number of hydrogen-bond donors (Lipinski definition) is 1. The first-order valence-electron chi connectivity index (χ1n) is 11.1. The summed E-state index contributed by atoms with van der Waals surface area (Å²) in [5.41, 5.74) is 8.19. The van der Waals surface area contributed by atoms with Gasteiger partial charge in [0.1, 0.15) is 17.1 Å². The van der Waals surface area contributed by atoms with E-state index in [-0.39, 0.29) is 60.4 Å². The maximum absolute atomic E-state index is 12.7. The number of aryl methyl sites for hydroxylation is 2. The summed E-state index contributed by atoms with van der Waals surface area (Å²) in [6.07, 6.45) is 0.847. The second kappa shape index (κ2) is 9.50. The summed E-state index contributed by atoms with van der Waals surface area (Å²) in [7, 11) is 0. The number of anilines is 2. The number of aromatic nitrogens is 2. The van der Waals surface area contributed by atoms with Crippen LogP contribution in [0.2, 0.25) is 0 Å². The zero-order valence-electron chi connectivity index (χ0n) is 19.3. The first-order chi connectivity index (χ1) is 16.3. The summed E-state index contributed by atoms with van der Waals surface area (Å²) in [6.45, 7) is 5.52. The summed E-state index contributed by atoms with van der Waals surface area (Å²) < 4.78 is 16.0. The van der Waals surface area contributed by atoms with E-state index in [4.69, 9.17) is 19.6 Å². The van der Waals surface area contributed by atoms with Crippen LogP contribution >= 0.6 is 0 Å². The molecule has 1 aliphatic heterocycles. The second-order valence-electron chi connectivity index (χ2n) is 7.95. The maximum Gasteiger partial charge on any atom is 0.342 e. The molecule has 34 heavy (non-hydrogen) atoms. The lowest BCUT2D eigenvalue weighted by molar-refractivity contribution is -0.149. The Hall–Kier alpha value is -3.95. The molecule has 1 aliphatic rings. The molecule has 0 spiro atoms. The van der Waals surface area contributed by atoms with Crippen molar-refractivity contribution in [3.05, 3.63) is 47.0 Å². The lowest BCUT2D eigenvalue weighted by atomic mass is 10.1. The molecule has 0 bridgehead atoms. The standard InChI is InChI=1S/C24H26N4O6/c1-4-14-8-6-7-9-16(14)28-11-15(10-18(28)29)23(30)33-12-17-26-21(25)20-19(24(31)32-5-2)13(3)34-22(20)27-17/h6-9,15H,4-5,10-12H2,1-3H3,(H2,25,26,27)/t15-/m0/s1. The monoisotopic (exact) mass is 466 g/mol. The number of para-hydroxylation sites is 1. The molecule has 10 nitrogen and oxygen atoms in total. The Morgan fingerprint density at radius 3 is 2.71 bits per heavy atom. The fourth-order valence-corrected chi connectivity index (χ4v) is 4.12. The third kappa shape index (κ3) is 4.30. The number of hydrogen-bond acceptors (Lipinski definition) is 9. The van der Waals surface area contributed by atoms with Crippen LogP contribution in [-0.4, -0.2) is 41.0 Å². The number of nitrogens with two attached hydrogens (primary N) is 1. The van der Waals surface area contributed by atoms with Crippen molar-refractivity contribution in [1.29, 1.82) is 0 Å². The number of rotatable bonds is 7. The van der Waals surface area contributed by atoms with E-state index in [0.29, 0.717) is 5.76 Å². The molecule has 0 saturated carbocycles. The van der Waals surface area contributed by atoms with Crippen molar-refractivity contribution >= 4 is 40.5 Å². The van der Waals surface area contributed by atoms with Crippen molar-refractivity contribution in [3.63, 3.8) is 0 Å². The lowest BCUT2D eigenvalue weighted by Crippen LogP contribution is -2.27. The summed E-state index contributed by atoms with van der Waals surface area (Å²) in [4.78, 5) is 47.6. The first-order valence-corrected chi connectivity index (χ1v) is 11.1. The van der Waals surface area contributed by atoms with Gasteiger partial charge in [0.15, 0.2) is 12.4 Å². The van der Waals surface area contributed by atoms with E-state index >= 15 is 0 Å². The molecule has 0 unspecified atom stereocenters. The Kier molecular flexibility index (Phi) is 6.49. The highest BCUT2D eigenvalue weighted by molar-refractivity contribution is 6.07. The number of amides is 1. The number of carbonyl (C=O) groups excluding carboxylic acids is 3. The summed E-state index contributed by atoms with van der Waals surface area (Å²) >= 11 is 0. The lowest BCUT2D eigenvalue weighted by Gasteiger charge is -2.19. The van der Waals surface area contributed by atoms with Gasteiger partial charge in [0.2, 0.25) is 11.6 Å². The van der Waals surface area contributed by atoms with Gasteiger partial charge >= 0.3 is 11.9 Å². The molecule has 1 atom stereocenters. The Labute approximate surface area is 196 Å². The number of nitrogens with zero attached hydrogens (tertiary/aromatic N) is 3. The number of nitrogen functional groups attached to an aromatic ring is 1. The number of benzene rings is 1. The van der Waals surface area contributed by atoms with Gasteiger partial charge in [0.05, 0.1) is 17.9 Å². The third-order valence-electron chi connectivity index (χ3n) is 5.75. The van der Waals surface area contributed by atoms with E-state index in [1.807, 2.05) is 31.2 Å². The predicted molar refractivity (Wildman–Crippen MR) is 123 cm³/mol. The van der Waals surface area contributed by atoms with Crippen LogP contribution in [0.1, 0.15) is 47.8 Å². The van der Waals surface area contributed by atoms with Crippen LogP contribution in [0, 0.1) is 12.8 Å². The van der Waals surface area contributed by atoms with Crippen LogP contribution in [0.3, 0.4) is 0 Å². The third-order valence-corrected chi connectivity index (χ3v) is 5.75. The quantitative estimate of drug-likeness (QED) is 0.521. The van der Waals surface area contributed by atoms with Crippen molar-refractivity contribution in [2.75, 3.05) is 23.8 Å². The molecule has 2 N–H and O–H groups in total. The van der Waals surface area contributed by atoms with Gasteiger partial charge in [0, 0.05) is 18.7 Å². The molecule has 1 fully saturated rings. The fraction of sp³-hybridized carbons (Fsp3) is 0.375. The molecule has 3 heterocycles. The molecule has 3 aromatic rings. The van der Waals surface area contributed by atoms with Crippen molar-refractivity contribution in [2.45, 2.75) is 40.2 Å². The molecule has 1 amide bonds. The highest BCUT2D eigenvalue weighted by atomic mass is 16.5. The summed E-state index contributed by atoms with van der Waals surface area (Å²) in [6, 6.07) is 7.64. The van der Waals surface area contributed by atoms with E-state index in [1.165, 1.54) is 0 Å². The Balaban J connectivity index is 1.46. The molecular formula is C24H26N4O6. The number of furan rings is 1. The van der Waals surface area contributed by atoms with Gasteiger partial charge in [-0.1, -0.05) is 25.1 Å².